The van der Waals surface area contributed by atoms with Crippen molar-refractivity contribution < 1.29 is 4.39 Å². The molecule has 0 bridgehead atoms. The summed E-state index contributed by atoms with van der Waals surface area (Å²) in [6.45, 7) is 0.350. The van der Waals surface area contributed by atoms with Crippen LogP contribution in [0.15, 0.2) is 46.9 Å². The highest BCUT2D eigenvalue weighted by molar-refractivity contribution is 9.10. The van der Waals surface area contributed by atoms with Gasteiger partial charge in [-0.3, -0.25) is 4.68 Å². The number of para-hydroxylation sites is 1. The van der Waals surface area contributed by atoms with E-state index in [1.54, 1.807) is 16.8 Å². The summed E-state index contributed by atoms with van der Waals surface area (Å²) >= 11 is 3.34. The van der Waals surface area contributed by atoms with Gasteiger partial charge < -0.3 is 5.73 Å². The van der Waals surface area contributed by atoms with Gasteiger partial charge in [0.15, 0.2) is 5.82 Å². The van der Waals surface area contributed by atoms with E-state index < -0.39 is 0 Å². The molecule has 1 aromatic heterocycles. The van der Waals surface area contributed by atoms with Gasteiger partial charge in [-0.15, -0.1) is 0 Å². The molecule has 1 heterocycles. The lowest BCUT2D eigenvalue weighted by atomic mass is 10.2. The minimum atomic E-state index is -0.249. The Morgan fingerprint density at radius 2 is 2.00 bits per heavy atom. The molecule has 3 nitrogen and oxygen atoms in total. The molecule has 3 aromatic rings. The molecule has 2 N–H and O–H groups in total. The van der Waals surface area contributed by atoms with Crippen molar-refractivity contribution in [2.24, 2.45) is 0 Å². The van der Waals surface area contributed by atoms with Gasteiger partial charge in [0.2, 0.25) is 0 Å². The van der Waals surface area contributed by atoms with Gasteiger partial charge in [0, 0.05) is 15.4 Å². The van der Waals surface area contributed by atoms with Crippen LogP contribution in [-0.2, 0) is 6.54 Å². The first-order valence-electron chi connectivity index (χ1n) is 5.80. The number of anilines is 1. The summed E-state index contributed by atoms with van der Waals surface area (Å²) in [6.07, 6.45) is 0. The molecule has 0 aliphatic heterocycles. The number of halogens is 2. The highest BCUT2D eigenvalue weighted by Crippen LogP contribution is 2.22. The first-order valence-corrected chi connectivity index (χ1v) is 6.59. The van der Waals surface area contributed by atoms with Crippen LogP contribution in [0, 0.1) is 5.82 Å². The van der Waals surface area contributed by atoms with Crippen LogP contribution in [0.4, 0.5) is 10.2 Å². The van der Waals surface area contributed by atoms with Crippen LogP contribution >= 0.6 is 15.9 Å². The van der Waals surface area contributed by atoms with Crippen molar-refractivity contribution in [2.45, 2.75) is 6.54 Å². The number of hydrogen-bond donors (Lipinski definition) is 1. The number of nitrogen functional groups attached to an aromatic ring is 1. The third kappa shape index (κ3) is 2.21. The van der Waals surface area contributed by atoms with Crippen LogP contribution in [0.5, 0.6) is 0 Å². The van der Waals surface area contributed by atoms with Gasteiger partial charge in [-0.25, -0.2) is 4.39 Å². The monoisotopic (exact) mass is 319 g/mol. The molecule has 19 heavy (non-hydrogen) atoms. The predicted octanol–water partition coefficient (Wildman–Crippen LogP) is 3.57. The van der Waals surface area contributed by atoms with Crippen molar-refractivity contribution in [3.05, 3.63) is 58.3 Å². The topological polar surface area (TPSA) is 43.8 Å². The zero-order chi connectivity index (χ0) is 13.4. The van der Waals surface area contributed by atoms with Crippen molar-refractivity contribution in [1.82, 2.24) is 9.78 Å². The van der Waals surface area contributed by atoms with Crippen molar-refractivity contribution in [1.29, 1.82) is 0 Å². The smallest absolute Gasteiger partial charge is 0.153 e. The van der Waals surface area contributed by atoms with Gasteiger partial charge in [0.1, 0.15) is 5.82 Å². The summed E-state index contributed by atoms with van der Waals surface area (Å²) in [6, 6.07) is 12.5. The summed E-state index contributed by atoms with van der Waals surface area (Å²) in [7, 11) is 0. The molecule has 0 aliphatic carbocycles. The van der Waals surface area contributed by atoms with Gasteiger partial charge in [-0.1, -0.05) is 28.1 Å². The number of hydrogen-bond acceptors (Lipinski definition) is 2. The number of fused-ring (bicyclic) bond motifs is 1. The average molecular weight is 320 g/mol. The van der Waals surface area contributed by atoms with Gasteiger partial charge >= 0.3 is 0 Å². The number of nitrogens with zero attached hydrogens (tertiary/aromatic N) is 2. The highest BCUT2D eigenvalue weighted by Gasteiger charge is 2.10. The molecule has 96 valence electrons. The Hall–Kier alpha value is -1.88. The maximum Gasteiger partial charge on any atom is 0.153 e. The Balaban J connectivity index is 2.08. The van der Waals surface area contributed by atoms with Crippen LogP contribution in [-0.4, -0.2) is 9.78 Å². The minimum Gasteiger partial charge on any atom is -0.382 e. The molecule has 0 spiro atoms. The Kier molecular flexibility index (Phi) is 2.98. The van der Waals surface area contributed by atoms with Crippen molar-refractivity contribution in [3.8, 4) is 0 Å². The van der Waals surface area contributed by atoms with Crippen molar-refractivity contribution in [2.75, 3.05) is 5.73 Å². The molecule has 0 fully saturated rings. The number of nitrogens with two attached hydrogens (primary N) is 1. The molecule has 0 unspecified atom stereocenters. The van der Waals surface area contributed by atoms with Gasteiger partial charge in [0.05, 0.1) is 12.1 Å². The fraction of sp³-hybridized carbons (Fsp3) is 0.0714. The van der Waals surface area contributed by atoms with Crippen LogP contribution in [0.3, 0.4) is 0 Å². The second-order valence-corrected chi connectivity index (χ2v) is 5.21. The van der Waals surface area contributed by atoms with E-state index in [0.29, 0.717) is 17.9 Å². The molecule has 0 atom stereocenters. The van der Waals surface area contributed by atoms with Gasteiger partial charge in [-0.05, 0) is 30.3 Å². The predicted molar refractivity (Wildman–Crippen MR) is 77.3 cm³/mol. The summed E-state index contributed by atoms with van der Waals surface area (Å²) < 4.78 is 16.3. The van der Waals surface area contributed by atoms with Crippen LogP contribution in [0.2, 0.25) is 0 Å². The molecular formula is C14H11BrFN3. The molecule has 0 saturated carbocycles. The summed E-state index contributed by atoms with van der Waals surface area (Å²) in [5.74, 6) is 0.215. The zero-order valence-electron chi connectivity index (χ0n) is 9.98. The summed E-state index contributed by atoms with van der Waals surface area (Å²) in [4.78, 5) is 0. The van der Waals surface area contributed by atoms with Crippen molar-refractivity contribution in [3.63, 3.8) is 0 Å². The van der Waals surface area contributed by atoms with Crippen LogP contribution in [0.1, 0.15) is 5.56 Å². The molecule has 0 radical (unpaired) electrons. The van der Waals surface area contributed by atoms with E-state index in [0.717, 1.165) is 15.4 Å². The first-order chi connectivity index (χ1) is 9.15. The van der Waals surface area contributed by atoms with Crippen LogP contribution < -0.4 is 5.73 Å². The Bertz CT molecular complexity index is 752. The van der Waals surface area contributed by atoms with E-state index in [1.165, 1.54) is 6.07 Å². The fourth-order valence-corrected chi connectivity index (χ4v) is 2.51. The SMILES string of the molecule is Nc1nn(Cc2cc(Br)ccc2F)c2ccccc12. The first kappa shape index (κ1) is 12.2. The molecular weight excluding hydrogens is 309 g/mol. The number of rotatable bonds is 2. The summed E-state index contributed by atoms with van der Waals surface area (Å²) in [5, 5.41) is 5.16. The lowest BCUT2D eigenvalue weighted by Gasteiger charge is -2.05. The third-order valence-electron chi connectivity index (χ3n) is 3.01. The number of benzene rings is 2. The molecule has 3 rings (SSSR count). The highest BCUT2D eigenvalue weighted by atomic mass is 79.9. The van der Waals surface area contributed by atoms with E-state index in [-0.39, 0.29) is 5.82 Å². The number of aromatic nitrogens is 2. The van der Waals surface area contributed by atoms with Crippen molar-refractivity contribution >= 4 is 32.7 Å². The normalized spacial score (nSPS) is 11.1. The Labute approximate surface area is 118 Å². The summed E-state index contributed by atoms with van der Waals surface area (Å²) in [5.41, 5.74) is 7.34. The fourth-order valence-electron chi connectivity index (χ4n) is 2.10. The molecule has 0 saturated heterocycles. The zero-order valence-corrected chi connectivity index (χ0v) is 11.6. The Morgan fingerprint density at radius 3 is 2.84 bits per heavy atom. The van der Waals surface area contributed by atoms with E-state index in [9.17, 15) is 4.39 Å². The quantitative estimate of drug-likeness (QED) is 0.784. The Morgan fingerprint density at radius 1 is 1.21 bits per heavy atom. The lowest BCUT2D eigenvalue weighted by Crippen LogP contribution is -2.04. The molecule has 0 amide bonds. The van der Waals surface area contributed by atoms with E-state index in [2.05, 4.69) is 21.0 Å². The second kappa shape index (κ2) is 4.66. The maximum atomic E-state index is 13.8. The largest absolute Gasteiger partial charge is 0.382 e. The third-order valence-corrected chi connectivity index (χ3v) is 3.51. The second-order valence-electron chi connectivity index (χ2n) is 4.30. The standard InChI is InChI=1S/C14H11BrFN3/c15-10-5-6-12(16)9(7-10)8-19-13-4-2-1-3-11(13)14(17)18-19/h1-7H,8H2,(H2,17,18). The van der Waals surface area contributed by atoms with E-state index in [1.807, 2.05) is 24.3 Å². The average Bonchev–Trinajstić information content (AvgIpc) is 2.72. The molecule has 0 aliphatic rings. The van der Waals surface area contributed by atoms with E-state index >= 15 is 0 Å². The van der Waals surface area contributed by atoms with Gasteiger partial charge in [-0.2, -0.15) is 5.10 Å². The minimum absolute atomic E-state index is 0.249. The maximum absolute atomic E-state index is 13.8. The van der Waals surface area contributed by atoms with Gasteiger partial charge in [0.25, 0.3) is 0 Å². The lowest BCUT2D eigenvalue weighted by molar-refractivity contribution is 0.590. The molecule has 5 heteroatoms. The molecule has 2 aromatic carbocycles. The van der Waals surface area contributed by atoms with E-state index in [4.69, 9.17) is 5.73 Å². The van der Waals surface area contributed by atoms with Crippen LogP contribution in [0.25, 0.3) is 10.9 Å².